The number of esters is 1. The number of rotatable bonds is 6. The number of hydrogen-bond acceptors (Lipinski definition) is 4. The Morgan fingerprint density at radius 2 is 1.84 bits per heavy atom. The van der Waals surface area contributed by atoms with E-state index in [9.17, 15) is 14.4 Å². The van der Waals surface area contributed by atoms with Crippen LogP contribution < -0.4 is 5.32 Å². The van der Waals surface area contributed by atoms with Crippen molar-refractivity contribution in [2.75, 3.05) is 27.2 Å². The Morgan fingerprint density at radius 1 is 1.20 bits per heavy atom. The molecule has 0 radical (unpaired) electrons. The predicted octanol–water partition coefficient (Wildman–Crippen LogP) is 1.86. The van der Waals surface area contributed by atoms with Crippen LogP contribution in [0.15, 0.2) is 0 Å². The van der Waals surface area contributed by atoms with E-state index in [1.807, 2.05) is 0 Å². The highest BCUT2D eigenvalue weighted by molar-refractivity contribution is 9.10. The van der Waals surface area contributed by atoms with Gasteiger partial charge in [0.25, 0.3) is 5.91 Å². The minimum Gasteiger partial charge on any atom is -0.456 e. The lowest BCUT2D eigenvalue weighted by Crippen LogP contribution is -2.53. The zero-order chi connectivity index (χ0) is 18.2. The van der Waals surface area contributed by atoms with Gasteiger partial charge in [0.15, 0.2) is 6.61 Å². The molecule has 2 amide bonds. The van der Waals surface area contributed by atoms with Crippen LogP contribution in [0.2, 0.25) is 0 Å². The quantitative estimate of drug-likeness (QED) is 0.531. The number of halogens is 1. The summed E-state index contributed by atoms with van der Waals surface area (Å²) in [6.45, 7) is -0.332. The van der Waals surface area contributed by atoms with Crippen molar-refractivity contribution in [3.8, 4) is 0 Å². The third-order valence-electron chi connectivity index (χ3n) is 6.07. The molecule has 4 aliphatic carbocycles. The summed E-state index contributed by atoms with van der Waals surface area (Å²) in [5.41, 5.74) is 0.0434. The van der Waals surface area contributed by atoms with Gasteiger partial charge in [-0.3, -0.25) is 14.4 Å². The standard InChI is InChI=1S/C18H27BrN2O4/c1-20-14(22)9-21(2)15(23)10-25-16(24)8-17-4-12-3-13(5-17)7-18(19,6-12)11-17/h12-13H,3-11H2,1-2H3,(H,20,22)/t12-,13-,17?,18?/m0/s1. The van der Waals surface area contributed by atoms with Gasteiger partial charge in [0.1, 0.15) is 0 Å². The molecule has 4 rings (SSSR count). The third-order valence-corrected chi connectivity index (χ3v) is 7.00. The first-order valence-corrected chi connectivity index (χ1v) is 9.81. The summed E-state index contributed by atoms with van der Waals surface area (Å²) < 4.78 is 5.44. The molecule has 0 aliphatic heterocycles. The molecule has 0 heterocycles. The maximum absolute atomic E-state index is 12.3. The van der Waals surface area contributed by atoms with Crippen molar-refractivity contribution in [3.05, 3.63) is 0 Å². The summed E-state index contributed by atoms with van der Waals surface area (Å²) in [7, 11) is 3.04. The molecule has 1 N–H and O–H groups in total. The third kappa shape index (κ3) is 4.18. The molecule has 7 heteroatoms. The lowest BCUT2D eigenvalue weighted by Gasteiger charge is -2.60. The van der Waals surface area contributed by atoms with Crippen LogP contribution in [-0.2, 0) is 19.1 Å². The summed E-state index contributed by atoms with van der Waals surface area (Å²) in [5, 5.41) is 2.46. The number of nitrogens with one attached hydrogen (secondary N) is 1. The largest absolute Gasteiger partial charge is 0.456 e. The molecule has 0 spiro atoms. The van der Waals surface area contributed by atoms with Gasteiger partial charge in [0.2, 0.25) is 5.91 Å². The minimum absolute atomic E-state index is 0.0354. The van der Waals surface area contributed by atoms with Gasteiger partial charge in [-0.25, -0.2) is 0 Å². The molecule has 0 aromatic heterocycles. The van der Waals surface area contributed by atoms with Crippen LogP contribution in [0.25, 0.3) is 0 Å². The number of ether oxygens (including phenoxy) is 1. The van der Waals surface area contributed by atoms with Gasteiger partial charge >= 0.3 is 5.97 Å². The fraction of sp³-hybridized carbons (Fsp3) is 0.833. The minimum atomic E-state index is -0.362. The molecule has 4 aliphatic rings. The maximum Gasteiger partial charge on any atom is 0.306 e. The molecular weight excluding hydrogens is 388 g/mol. The van der Waals surface area contributed by atoms with Gasteiger partial charge in [0.05, 0.1) is 13.0 Å². The molecule has 6 nitrogen and oxygen atoms in total. The number of carbonyl (C=O) groups is 3. The first-order chi connectivity index (χ1) is 11.7. The van der Waals surface area contributed by atoms with Crippen molar-refractivity contribution in [3.63, 3.8) is 0 Å². The van der Waals surface area contributed by atoms with Gasteiger partial charge in [-0.1, -0.05) is 15.9 Å². The summed E-state index contributed by atoms with van der Waals surface area (Å²) >= 11 is 3.94. The predicted molar refractivity (Wildman–Crippen MR) is 96.1 cm³/mol. The van der Waals surface area contributed by atoms with Crippen LogP contribution in [0, 0.1) is 17.3 Å². The Bertz CT molecular complexity index is 565. The zero-order valence-electron chi connectivity index (χ0n) is 15.0. The van der Waals surface area contributed by atoms with Crippen LogP contribution in [0.4, 0.5) is 0 Å². The number of alkyl halides is 1. The van der Waals surface area contributed by atoms with E-state index < -0.39 is 0 Å². The van der Waals surface area contributed by atoms with Crippen LogP contribution in [0.5, 0.6) is 0 Å². The van der Waals surface area contributed by atoms with Gasteiger partial charge in [0, 0.05) is 18.4 Å². The zero-order valence-corrected chi connectivity index (χ0v) is 16.6. The fourth-order valence-corrected chi connectivity index (χ4v) is 7.05. The van der Waals surface area contributed by atoms with E-state index in [1.165, 1.54) is 38.3 Å². The Morgan fingerprint density at radius 3 is 2.40 bits per heavy atom. The SMILES string of the molecule is CNC(=O)CN(C)C(=O)COC(=O)CC12C[C@@H]3C[C@H](CC(Br)(C3)C1)C2. The van der Waals surface area contributed by atoms with Gasteiger partial charge in [-0.15, -0.1) is 0 Å². The van der Waals surface area contributed by atoms with Crippen molar-refractivity contribution in [2.24, 2.45) is 17.3 Å². The van der Waals surface area contributed by atoms with Crippen molar-refractivity contribution < 1.29 is 19.1 Å². The second-order valence-corrected chi connectivity index (χ2v) is 10.1. The Hall–Kier alpha value is -1.11. The molecule has 0 saturated heterocycles. The van der Waals surface area contributed by atoms with Crippen LogP contribution in [0.3, 0.4) is 0 Å². The molecule has 2 atom stereocenters. The molecule has 4 bridgehead atoms. The molecule has 0 aromatic carbocycles. The lowest BCUT2D eigenvalue weighted by atomic mass is 9.49. The molecule has 4 saturated carbocycles. The van der Waals surface area contributed by atoms with Crippen molar-refractivity contribution >= 4 is 33.7 Å². The van der Waals surface area contributed by atoms with Crippen molar-refractivity contribution in [2.45, 2.75) is 49.3 Å². The van der Waals surface area contributed by atoms with E-state index in [4.69, 9.17) is 4.74 Å². The number of nitrogens with zero attached hydrogens (tertiary/aromatic N) is 1. The average Bonchev–Trinajstić information content (AvgIpc) is 2.49. The second-order valence-electron chi connectivity index (χ2n) is 8.37. The monoisotopic (exact) mass is 414 g/mol. The Labute approximate surface area is 157 Å². The molecular formula is C18H27BrN2O4. The molecule has 25 heavy (non-hydrogen) atoms. The molecule has 140 valence electrons. The van der Waals surface area contributed by atoms with Crippen molar-refractivity contribution in [1.82, 2.24) is 10.2 Å². The van der Waals surface area contributed by atoms with Crippen LogP contribution in [0.1, 0.15) is 44.9 Å². The van der Waals surface area contributed by atoms with Crippen molar-refractivity contribution in [1.29, 1.82) is 0 Å². The highest BCUT2D eigenvalue weighted by Gasteiger charge is 2.57. The average molecular weight is 415 g/mol. The number of carbonyl (C=O) groups excluding carboxylic acids is 3. The Balaban J connectivity index is 1.50. The van der Waals surface area contributed by atoms with E-state index >= 15 is 0 Å². The summed E-state index contributed by atoms with van der Waals surface area (Å²) in [6, 6.07) is 0. The first kappa shape index (κ1) is 18.7. The van der Waals surface area contributed by atoms with Crippen LogP contribution in [-0.4, -0.2) is 54.3 Å². The Kier molecular flexibility index (Phi) is 5.15. The smallest absolute Gasteiger partial charge is 0.306 e. The van der Waals surface area contributed by atoms with E-state index in [-0.39, 0.29) is 40.7 Å². The van der Waals surface area contributed by atoms with E-state index in [0.29, 0.717) is 18.3 Å². The molecule has 0 unspecified atom stereocenters. The summed E-state index contributed by atoms with van der Waals surface area (Å²) in [5.74, 6) is 0.528. The van der Waals surface area contributed by atoms with E-state index in [1.54, 1.807) is 0 Å². The number of hydrogen-bond donors (Lipinski definition) is 1. The van der Waals surface area contributed by atoms with Gasteiger partial charge in [-0.2, -0.15) is 0 Å². The highest BCUT2D eigenvalue weighted by Crippen LogP contribution is 2.65. The highest BCUT2D eigenvalue weighted by atomic mass is 79.9. The normalized spacial score (nSPS) is 35.3. The maximum atomic E-state index is 12.3. The topological polar surface area (TPSA) is 75.7 Å². The number of amides is 2. The molecule has 0 aromatic rings. The summed E-state index contributed by atoms with van der Waals surface area (Å²) in [4.78, 5) is 36.9. The second kappa shape index (κ2) is 6.89. The van der Waals surface area contributed by atoms with Gasteiger partial charge < -0.3 is 15.0 Å². The van der Waals surface area contributed by atoms with E-state index in [2.05, 4.69) is 21.2 Å². The fourth-order valence-electron chi connectivity index (χ4n) is 5.54. The van der Waals surface area contributed by atoms with E-state index in [0.717, 1.165) is 19.3 Å². The number of likely N-dealkylation sites (N-methyl/N-ethyl adjacent to an activating group) is 2. The van der Waals surface area contributed by atoms with Gasteiger partial charge in [-0.05, 0) is 55.8 Å². The summed E-state index contributed by atoms with van der Waals surface area (Å²) in [6.07, 6.45) is 7.40. The van der Waals surface area contributed by atoms with Crippen LogP contribution >= 0.6 is 15.9 Å². The first-order valence-electron chi connectivity index (χ1n) is 9.02. The lowest BCUT2D eigenvalue weighted by molar-refractivity contribution is -0.157. The molecule has 4 fully saturated rings.